The zero-order valence-corrected chi connectivity index (χ0v) is 10.5. The Balaban J connectivity index is 2.39. The van der Waals surface area contributed by atoms with Gasteiger partial charge in [0, 0.05) is 22.8 Å². The van der Waals surface area contributed by atoms with Gasteiger partial charge in [0.15, 0.2) is 0 Å². The van der Waals surface area contributed by atoms with E-state index in [1.807, 2.05) is 0 Å². The summed E-state index contributed by atoms with van der Waals surface area (Å²) < 4.78 is 6.25. The van der Waals surface area contributed by atoms with Crippen molar-refractivity contribution in [3.05, 3.63) is 51.3 Å². The van der Waals surface area contributed by atoms with E-state index in [4.69, 9.17) is 22.1 Å². The second-order valence-corrected chi connectivity index (χ2v) is 4.15. The zero-order valence-electron chi connectivity index (χ0n) is 9.76. The summed E-state index contributed by atoms with van der Waals surface area (Å²) in [7, 11) is 1.49. The maximum Gasteiger partial charge on any atom is 0.267 e. The van der Waals surface area contributed by atoms with Crippen molar-refractivity contribution in [1.82, 2.24) is 9.78 Å². The van der Waals surface area contributed by atoms with E-state index in [2.05, 4.69) is 5.10 Å². The number of aromatic nitrogens is 2. The monoisotopic (exact) mass is 265 g/mol. The molecule has 0 radical (unpaired) electrons. The highest BCUT2D eigenvalue weighted by Crippen LogP contribution is 2.18. The summed E-state index contributed by atoms with van der Waals surface area (Å²) in [6.07, 6.45) is 0. The van der Waals surface area contributed by atoms with E-state index >= 15 is 0 Å². The molecule has 0 fully saturated rings. The van der Waals surface area contributed by atoms with Crippen molar-refractivity contribution in [2.75, 3.05) is 12.8 Å². The Morgan fingerprint density at radius 2 is 2.17 bits per heavy atom. The van der Waals surface area contributed by atoms with Gasteiger partial charge in [-0.15, -0.1) is 5.10 Å². The SMILES string of the molecule is COc1ccc(=O)n(Cc2cc(Cl)ccc2N)n1. The zero-order chi connectivity index (χ0) is 13.1. The van der Waals surface area contributed by atoms with Gasteiger partial charge in [-0.2, -0.15) is 0 Å². The molecule has 2 rings (SSSR count). The third-order valence-corrected chi connectivity index (χ3v) is 2.71. The number of hydrogen-bond acceptors (Lipinski definition) is 4. The summed E-state index contributed by atoms with van der Waals surface area (Å²) in [5, 5.41) is 4.61. The van der Waals surface area contributed by atoms with E-state index in [-0.39, 0.29) is 12.1 Å². The summed E-state index contributed by atoms with van der Waals surface area (Å²) in [6.45, 7) is 0.252. The number of rotatable bonds is 3. The molecule has 1 aromatic heterocycles. The molecule has 0 amide bonds. The van der Waals surface area contributed by atoms with Crippen LogP contribution < -0.4 is 16.0 Å². The molecule has 18 heavy (non-hydrogen) atoms. The fourth-order valence-electron chi connectivity index (χ4n) is 1.52. The molecule has 0 aliphatic rings. The fourth-order valence-corrected chi connectivity index (χ4v) is 1.72. The van der Waals surface area contributed by atoms with Crippen LogP contribution in [0.4, 0.5) is 5.69 Å². The minimum atomic E-state index is -0.227. The molecule has 6 heteroatoms. The Kier molecular flexibility index (Phi) is 3.53. The van der Waals surface area contributed by atoms with E-state index in [0.717, 1.165) is 5.56 Å². The van der Waals surface area contributed by atoms with E-state index in [9.17, 15) is 4.79 Å². The molecular formula is C12H12ClN3O2. The average molecular weight is 266 g/mol. The van der Waals surface area contributed by atoms with Crippen LogP contribution >= 0.6 is 11.6 Å². The highest BCUT2D eigenvalue weighted by Gasteiger charge is 2.05. The van der Waals surface area contributed by atoms with Crippen molar-refractivity contribution in [3.8, 4) is 5.88 Å². The first-order valence-corrected chi connectivity index (χ1v) is 5.64. The minimum Gasteiger partial charge on any atom is -0.480 e. The van der Waals surface area contributed by atoms with Gasteiger partial charge in [0.1, 0.15) is 0 Å². The summed E-state index contributed by atoms with van der Waals surface area (Å²) in [5.41, 5.74) is 6.90. The predicted molar refractivity (Wildman–Crippen MR) is 70.0 cm³/mol. The Hall–Kier alpha value is -2.01. The van der Waals surface area contributed by atoms with Gasteiger partial charge in [-0.1, -0.05) is 11.6 Å². The molecule has 94 valence electrons. The molecule has 0 atom stereocenters. The number of nitrogens with zero attached hydrogens (tertiary/aromatic N) is 2. The van der Waals surface area contributed by atoms with E-state index in [1.165, 1.54) is 23.9 Å². The molecule has 0 spiro atoms. The van der Waals surface area contributed by atoms with Crippen LogP contribution in [0.1, 0.15) is 5.56 Å². The van der Waals surface area contributed by atoms with Crippen LogP contribution in [0, 0.1) is 0 Å². The Morgan fingerprint density at radius 1 is 1.39 bits per heavy atom. The summed E-state index contributed by atoms with van der Waals surface area (Å²) in [6, 6.07) is 8.02. The smallest absolute Gasteiger partial charge is 0.267 e. The molecule has 0 saturated carbocycles. The maximum absolute atomic E-state index is 11.7. The summed E-state index contributed by atoms with van der Waals surface area (Å²) in [4.78, 5) is 11.7. The Morgan fingerprint density at radius 3 is 2.89 bits per heavy atom. The second kappa shape index (κ2) is 5.10. The van der Waals surface area contributed by atoms with E-state index < -0.39 is 0 Å². The molecule has 1 heterocycles. The van der Waals surface area contributed by atoms with Crippen LogP contribution in [-0.4, -0.2) is 16.9 Å². The number of benzene rings is 1. The van der Waals surface area contributed by atoms with Crippen LogP contribution in [-0.2, 0) is 6.54 Å². The van der Waals surface area contributed by atoms with Gasteiger partial charge in [0.25, 0.3) is 5.56 Å². The number of methoxy groups -OCH3 is 1. The first-order chi connectivity index (χ1) is 8.60. The third-order valence-electron chi connectivity index (χ3n) is 2.48. The number of nitrogens with two attached hydrogens (primary N) is 1. The van der Waals surface area contributed by atoms with Gasteiger partial charge >= 0.3 is 0 Å². The molecule has 0 saturated heterocycles. The van der Waals surface area contributed by atoms with Crippen LogP contribution in [0.15, 0.2) is 35.1 Å². The largest absolute Gasteiger partial charge is 0.480 e. The van der Waals surface area contributed by atoms with E-state index in [0.29, 0.717) is 16.6 Å². The first-order valence-electron chi connectivity index (χ1n) is 5.26. The van der Waals surface area contributed by atoms with Gasteiger partial charge in [-0.3, -0.25) is 4.79 Å². The predicted octanol–water partition coefficient (Wildman–Crippen LogP) is 1.54. The normalized spacial score (nSPS) is 10.3. The number of nitrogen functional groups attached to an aromatic ring is 1. The highest BCUT2D eigenvalue weighted by atomic mass is 35.5. The van der Waals surface area contributed by atoms with Crippen LogP contribution in [0.2, 0.25) is 5.02 Å². The van der Waals surface area contributed by atoms with Crippen molar-refractivity contribution >= 4 is 17.3 Å². The lowest BCUT2D eigenvalue weighted by Crippen LogP contribution is -2.23. The standard InChI is InChI=1S/C12H12ClN3O2/c1-18-11-4-5-12(17)16(15-11)7-8-6-9(13)2-3-10(8)14/h2-6H,7,14H2,1H3. The summed E-state index contributed by atoms with van der Waals surface area (Å²) >= 11 is 5.89. The number of ether oxygens (including phenoxy) is 1. The lowest BCUT2D eigenvalue weighted by Gasteiger charge is -2.08. The Bertz CT molecular complexity index is 625. The molecule has 0 aliphatic heterocycles. The minimum absolute atomic E-state index is 0.227. The molecule has 0 aliphatic carbocycles. The van der Waals surface area contributed by atoms with Gasteiger partial charge < -0.3 is 10.5 Å². The van der Waals surface area contributed by atoms with Crippen LogP contribution in [0.5, 0.6) is 5.88 Å². The quantitative estimate of drug-likeness (QED) is 0.855. The molecule has 2 aromatic rings. The number of hydrogen-bond donors (Lipinski definition) is 1. The van der Waals surface area contributed by atoms with E-state index in [1.54, 1.807) is 18.2 Å². The van der Waals surface area contributed by atoms with Crippen molar-refractivity contribution in [1.29, 1.82) is 0 Å². The molecule has 5 nitrogen and oxygen atoms in total. The summed E-state index contributed by atoms with van der Waals surface area (Å²) in [5.74, 6) is 0.371. The van der Waals surface area contributed by atoms with Crippen LogP contribution in [0.25, 0.3) is 0 Å². The van der Waals surface area contributed by atoms with Crippen molar-refractivity contribution in [2.24, 2.45) is 0 Å². The lowest BCUT2D eigenvalue weighted by atomic mass is 10.2. The van der Waals surface area contributed by atoms with Gasteiger partial charge in [-0.25, -0.2) is 4.68 Å². The molecule has 0 bridgehead atoms. The third kappa shape index (κ3) is 2.62. The number of anilines is 1. The maximum atomic E-state index is 11.7. The molecule has 1 aromatic carbocycles. The number of halogens is 1. The van der Waals surface area contributed by atoms with Crippen molar-refractivity contribution in [3.63, 3.8) is 0 Å². The second-order valence-electron chi connectivity index (χ2n) is 3.71. The van der Waals surface area contributed by atoms with Gasteiger partial charge in [-0.05, 0) is 23.8 Å². The average Bonchev–Trinajstić information content (AvgIpc) is 2.36. The van der Waals surface area contributed by atoms with Crippen LogP contribution in [0.3, 0.4) is 0 Å². The van der Waals surface area contributed by atoms with Crippen molar-refractivity contribution in [2.45, 2.75) is 6.54 Å². The molecular weight excluding hydrogens is 254 g/mol. The first kappa shape index (κ1) is 12.4. The Labute approximate surface area is 109 Å². The van der Waals surface area contributed by atoms with Gasteiger partial charge in [0.05, 0.1) is 13.7 Å². The molecule has 0 unspecified atom stereocenters. The van der Waals surface area contributed by atoms with Crippen molar-refractivity contribution < 1.29 is 4.74 Å². The fraction of sp³-hybridized carbons (Fsp3) is 0.167. The topological polar surface area (TPSA) is 70.1 Å². The highest BCUT2D eigenvalue weighted by molar-refractivity contribution is 6.30. The molecule has 2 N–H and O–H groups in total. The van der Waals surface area contributed by atoms with Gasteiger partial charge in [0.2, 0.25) is 5.88 Å². The lowest BCUT2D eigenvalue weighted by molar-refractivity contribution is 0.379.